The molecule has 0 aromatic rings. The Labute approximate surface area is 234 Å². The van der Waals surface area contributed by atoms with Crippen molar-refractivity contribution < 1.29 is 30.0 Å². The maximum atomic E-state index is 12.2. The number of allylic oxidation sites excluding steroid dienone is 10. The van der Waals surface area contributed by atoms with E-state index in [1.165, 1.54) is 5.57 Å². The van der Waals surface area contributed by atoms with Crippen LogP contribution in [-0.2, 0) is 9.53 Å². The van der Waals surface area contributed by atoms with Crippen molar-refractivity contribution in [2.45, 2.75) is 77.9 Å². The number of carbonyl (C=O) groups is 1. The van der Waals surface area contributed by atoms with E-state index < -0.39 is 23.9 Å². The summed E-state index contributed by atoms with van der Waals surface area (Å²) in [7, 11) is 0. The van der Waals surface area contributed by atoms with Gasteiger partial charge in [-0.05, 0) is 89.2 Å². The van der Waals surface area contributed by atoms with Gasteiger partial charge in [0.15, 0.2) is 0 Å². The first-order valence-electron chi connectivity index (χ1n) is 14.3. The van der Waals surface area contributed by atoms with E-state index in [9.17, 15) is 25.2 Å². The van der Waals surface area contributed by atoms with Crippen molar-refractivity contribution >= 4 is 6.29 Å². The Hall–Kier alpha value is -2.09. The highest BCUT2D eigenvalue weighted by atomic mass is 16.6. The molecule has 2 bridgehead atoms. The fourth-order valence-electron chi connectivity index (χ4n) is 7.52. The van der Waals surface area contributed by atoms with Crippen LogP contribution in [0.25, 0.3) is 0 Å². The Morgan fingerprint density at radius 1 is 1.23 bits per heavy atom. The maximum Gasteiger partial charge on any atom is 0.145 e. The molecule has 39 heavy (non-hydrogen) atoms. The highest BCUT2D eigenvalue weighted by Gasteiger charge is 2.67. The molecule has 3 rings (SSSR count). The number of carbonyl (C=O) groups excluding carboxylic acids is 1. The minimum atomic E-state index is -1.18. The van der Waals surface area contributed by atoms with Crippen LogP contribution in [0.15, 0.2) is 70.9 Å². The molecule has 216 valence electrons. The standard InChI is InChI=1S/C33H48O6/c1-22(2)8-6-9-23(3)10-7-11-27(20-39-21-36)28-14-16-33(31(28)37)30-25(15-17-34)12-13-26(18-32(33,5)38)29(30)24(4)19-35/h7-8,10-13,19,25-26,28,30-31,34,36-38H,3,6,9,14-18,20-21H2,1-2,4-5H3/b10-7+,27-11-,29-24?/t25-,26-,28-,30-,31+,32+,33+/m0/s1. The summed E-state index contributed by atoms with van der Waals surface area (Å²) < 4.78 is 5.40. The normalized spacial score (nSPS) is 35.5. The third kappa shape index (κ3) is 6.47. The summed E-state index contributed by atoms with van der Waals surface area (Å²) >= 11 is 0. The Morgan fingerprint density at radius 3 is 2.62 bits per heavy atom. The van der Waals surface area contributed by atoms with E-state index >= 15 is 0 Å². The van der Waals surface area contributed by atoms with E-state index in [0.29, 0.717) is 31.3 Å². The SMILES string of the molecule is C=C(/C=C/C=C(/COCO)[C@@H]1CC[C@]2([C@@H]1O)[C@@H]1C(=C(C)C=O)[C@@H](C=C[C@H]1CCO)C[C@@]2(C)O)CCC=C(C)C. The quantitative estimate of drug-likeness (QED) is 0.0916. The van der Waals surface area contributed by atoms with E-state index in [1.54, 1.807) is 0 Å². The van der Waals surface area contributed by atoms with Gasteiger partial charge in [0.1, 0.15) is 13.1 Å². The second kappa shape index (κ2) is 13.5. The van der Waals surface area contributed by atoms with Crippen molar-refractivity contribution in [2.75, 3.05) is 20.0 Å². The summed E-state index contributed by atoms with van der Waals surface area (Å²) in [5.74, 6) is -0.725. The van der Waals surface area contributed by atoms with Crippen molar-refractivity contribution in [3.05, 3.63) is 70.9 Å². The van der Waals surface area contributed by atoms with Crippen molar-refractivity contribution in [1.29, 1.82) is 0 Å². The van der Waals surface area contributed by atoms with Crippen LogP contribution in [-0.4, -0.2) is 58.4 Å². The van der Waals surface area contributed by atoms with Gasteiger partial charge in [-0.2, -0.15) is 0 Å². The Balaban J connectivity index is 1.99. The largest absolute Gasteiger partial charge is 0.396 e. The number of aldehydes is 1. The van der Waals surface area contributed by atoms with Gasteiger partial charge < -0.3 is 25.2 Å². The van der Waals surface area contributed by atoms with E-state index in [-0.39, 0.29) is 36.9 Å². The third-order valence-electron chi connectivity index (χ3n) is 9.30. The lowest BCUT2D eigenvalue weighted by Gasteiger charge is -2.60. The Kier molecular flexibility index (Phi) is 10.9. The number of rotatable bonds is 12. The van der Waals surface area contributed by atoms with Gasteiger partial charge in [0.25, 0.3) is 0 Å². The highest BCUT2D eigenvalue weighted by Crippen LogP contribution is 2.66. The van der Waals surface area contributed by atoms with Crippen LogP contribution in [0.3, 0.4) is 0 Å². The summed E-state index contributed by atoms with van der Waals surface area (Å²) in [5.41, 5.74) is 2.69. The van der Waals surface area contributed by atoms with Crippen LogP contribution in [0.5, 0.6) is 0 Å². The molecule has 4 N–H and O–H groups in total. The van der Waals surface area contributed by atoms with Crippen LogP contribution in [0.2, 0.25) is 0 Å². The van der Waals surface area contributed by atoms with Gasteiger partial charge >= 0.3 is 0 Å². The zero-order valence-electron chi connectivity index (χ0n) is 24.1. The van der Waals surface area contributed by atoms with Crippen LogP contribution < -0.4 is 0 Å². The van der Waals surface area contributed by atoms with Gasteiger partial charge in [-0.1, -0.05) is 59.8 Å². The molecule has 6 nitrogen and oxygen atoms in total. The average molecular weight is 541 g/mol. The summed E-state index contributed by atoms with van der Waals surface area (Å²) in [6.45, 7) is 11.7. The topological polar surface area (TPSA) is 107 Å². The van der Waals surface area contributed by atoms with Gasteiger partial charge in [-0.15, -0.1) is 0 Å². The number of hydrogen-bond acceptors (Lipinski definition) is 6. The van der Waals surface area contributed by atoms with Crippen LogP contribution >= 0.6 is 0 Å². The molecule has 2 fully saturated rings. The highest BCUT2D eigenvalue weighted by molar-refractivity contribution is 5.74. The molecule has 1 spiro atoms. The van der Waals surface area contributed by atoms with E-state index in [1.807, 2.05) is 32.1 Å². The molecular formula is C33H48O6. The first kappa shape index (κ1) is 31.4. The number of aliphatic hydroxyl groups is 4. The van der Waals surface area contributed by atoms with Crippen LogP contribution in [0, 0.1) is 29.1 Å². The molecule has 0 saturated heterocycles. The molecule has 0 aromatic heterocycles. The third-order valence-corrected chi connectivity index (χ3v) is 9.30. The lowest BCUT2D eigenvalue weighted by Crippen LogP contribution is -2.63. The van der Waals surface area contributed by atoms with Crippen LogP contribution in [0.1, 0.15) is 66.2 Å². The second-order valence-corrected chi connectivity index (χ2v) is 12.1. The minimum Gasteiger partial charge on any atom is -0.396 e. The molecule has 0 aromatic carbocycles. The molecule has 3 aliphatic carbocycles. The minimum absolute atomic E-state index is 0.0148. The molecule has 0 amide bonds. The molecule has 0 unspecified atom stereocenters. The predicted molar refractivity (Wildman–Crippen MR) is 155 cm³/mol. The number of fused-ring (bicyclic) bond motifs is 3. The lowest BCUT2D eigenvalue weighted by atomic mass is 9.46. The van der Waals surface area contributed by atoms with Gasteiger partial charge in [0.2, 0.25) is 0 Å². The van der Waals surface area contributed by atoms with Gasteiger partial charge in [-0.25, -0.2) is 0 Å². The zero-order chi connectivity index (χ0) is 28.8. The van der Waals surface area contributed by atoms with E-state index in [0.717, 1.165) is 35.8 Å². The summed E-state index contributed by atoms with van der Waals surface area (Å²) in [5, 5.41) is 43.4. The number of ether oxygens (including phenoxy) is 1. The first-order valence-corrected chi connectivity index (χ1v) is 14.3. The second-order valence-electron chi connectivity index (χ2n) is 12.1. The molecular weight excluding hydrogens is 492 g/mol. The molecule has 3 aliphatic rings. The summed E-state index contributed by atoms with van der Waals surface area (Å²) in [4.78, 5) is 12.0. The van der Waals surface area contributed by atoms with Gasteiger partial charge in [-0.3, -0.25) is 4.79 Å². The monoisotopic (exact) mass is 540 g/mol. The number of hydrogen-bond donors (Lipinski definition) is 4. The fraction of sp³-hybridized carbons (Fsp3) is 0.606. The lowest BCUT2D eigenvalue weighted by molar-refractivity contribution is -0.182. The molecule has 6 heteroatoms. The Bertz CT molecular complexity index is 1040. The predicted octanol–water partition coefficient (Wildman–Crippen LogP) is 4.97. The smallest absolute Gasteiger partial charge is 0.145 e. The maximum absolute atomic E-state index is 12.2. The van der Waals surface area contributed by atoms with E-state index in [2.05, 4.69) is 38.7 Å². The van der Waals surface area contributed by atoms with Gasteiger partial charge in [0.05, 0.1) is 18.3 Å². The number of aliphatic hydroxyl groups excluding tert-OH is 3. The molecule has 7 atom stereocenters. The Morgan fingerprint density at radius 2 is 1.97 bits per heavy atom. The fourth-order valence-corrected chi connectivity index (χ4v) is 7.52. The average Bonchev–Trinajstić information content (AvgIpc) is 3.23. The summed E-state index contributed by atoms with van der Waals surface area (Å²) in [6, 6.07) is 0. The van der Waals surface area contributed by atoms with E-state index in [4.69, 9.17) is 4.74 Å². The molecule has 2 saturated carbocycles. The summed E-state index contributed by atoms with van der Waals surface area (Å²) in [6.07, 6.45) is 16.1. The van der Waals surface area contributed by atoms with Crippen molar-refractivity contribution in [1.82, 2.24) is 0 Å². The zero-order valence-corrected chi connectivity index (χ0v) is 24.1. The first-order chi connectivity index (χ1) is 18.5. The van der Waals surface area contributed by atoms with Crippen molar-refractivity contribution in [3.63, 3.8) is 0 Å². The molecule has 0 heterocycles. The van der Waals surface area contributed by atoms with Crippen LogP contribution in [0.4, 0.5) is 0 Å². The molecule has 0 aliphatic heterocycles. The van der Waals surface area contributed by atoms with Crippen molar-refractivity contribution in [3.8, 4) is 0 Å². The van der Waals surface area contributed by atoms with Crippen molar-refractivity contribution in [2.24, 2.45) is 29.1 Å². The molecule has 0 radical (unpaired) electrons. The van der Waals surface area contributed by atoms with Gasteiger partial charge in [0, 0.05) is 23.9 Å².